The second kappa shape index (κ2) is 6.52. The summed E-state index contributed by atoms with van der Waals surface area (Å²) >= 11 is 0. The lowest BCUT2D eigenvalue weighted by Gasteiger charge is -2.18. The van der Waals surface area contributed by atoms with Crippen molar-refractivity contribution in [3.05, 3.63) is 18.3 Å². The van der Waals surface area contributed by atoms with E-state index in [1.807, 2.05) is 27.7 Å². The van der Waals surface area contributed by atoms with Crippen LogP contribution in [0.15, 0.2) is 18.3 Å². The van der Waals surface area contributed by atoms with Gasteiger partial charge >= 0.3 is 0 Å². The first kappa shape index (κ1) is 15.4. The number of hydrogen-bond acceptors (Lipinski definition) is 4. The second-order valence-corrected chi connectivity index (χ2v) is 5.56. The molecule has 0 unspecified atom stereocenters. The van der Waals surface area contributed by atoms with Crippen molar-refractivity contribution in [2.75, 3.05) is 5.32 Å². The molecule has 0 saturated carbocycles. The first-order valence-electron chi connectivity index (χ1n) is 6.48. The van der Waals surface area contributed by atoms with Gasteiger partial charge in [0.1, 0.15) is 5.69 Å². The van der Waals surface area contributed by atoms with Crippen LogP contribution in [-0.2, 0) is 4.79 Å². The number of pyridine rings is 1. The number of nitrogens with zero attached hydrogens (tertiary/aromatic N) is 1. The number of rotatable bonds is 6. The summed E-state index contributed by atoms with van der Waals surface area (Å²) in [5.41, 5.74) is 6.11. The maximum atomic E-state index is 11.8. The van der Waals surface area contributed by atoms with Crippen molar-refractivity contribution in [1.29, 1.82) is 0 Å². The summed E-state index contributed by atoms with van der Waals surface area (Å²) in [6, 6.07) is 3.53. The fourth-order valence-corrected chi connectivity index (χ4v) is 1.45. The molecule has 3 N–H and O–H groups in total. The Morgan fingerprint density at radius 1 is 1.53 bits per heavy atom. The maximum absolute atomic E-state index is 11.8. The molecule has 0 aliphatic rings. The molecule has 0 radical (unpaired) electrons. The number of ether oxygens (including phenoxy) is 1. The third-order valence-electron chi connectivity index (χ3n) is 2.39. The molecule has 5 nitrogen and oxygen atoms in total. The van der Waals surface area contributed by atoms with Gasteiger partial charge in [-0.3, -0.25) is 4.79 Å². The molecule has 0 aromatic carbocycles. The predicted molar refractivity (Wildman–Crippen MR) is 76.1 cm³/mol. The molecule has 0 aliphatic heterocycles. The minimum atomic E-state index is -0.344. The summed E-state index contributed by atoms with van der Waals surface area (Å²) in [5, 5.41) is 2.81. The lowest BCUT2D eigenvalue weighted by Crippen LogP contribution is -2.33. The molecular formula is C14H23N3O2. The highest BCUT2D eigenvalue weighted by Gasteiger charge is 2.15. The number of hydrogen-bond donors (Lipinski definition) is 2. The summed E-state index contributed by atoms with van der Waals surface area (Å²) in [7, 11) is 0. The van der Waals surface area contributed by atoms with E-state index in [0.29, 0.717) is 24.4 Å². The van der Waals surface area contributed by atoms with Gasteiger partial charge in [0.25, 0.3) is 0 Å². The lowest BCUT2D eigenvalue weighted by molar-refractivity contribution is -0.116. The molecule has 1 amide bonds. The Labute approximate surface area is 114 Å². The summed E-state index contributed by atoms with van der Waals surface area (Å²) < 4.78 is 5.54. The Bertz CT molecular complexity index is 425. The smallest absolute Gasteiger partial charge is 0.238 e. The van der Waals surface area contributed by atoms with Crippen molar-refractivity contribution in [2.45, 2.75) is 52.2 Å². The molecule has 1 aromatic rings. The largest absolute Gasteiger partial charge is 0.473 e. The number of anilines is 1. The third kappa shape index (κ3) is 6.20. The highest BCUT2D eigenvalue weighted by Crippen LogP contribution is 2.22. The van der Waals surface area contributed by atoms with Crippen LogP contribution in [0.2, 0.25) is 0 Å². The van der Waals surface area contributed by atoms with Gasteiger partial charge in [0, 0.05) is 18.2 Å². The van der Waals surface area contributed by atoms with Gasteiger partial charge < -0.3 is 15.8 Å². The highest BCUT2D eigenvalue weighted by molar-refractivity contribution is 5.91. The monoisotopic (exact) mass is 265 g/mol. The quantitative estimate of drug-likeness (QED) is 0.827. The Morgan fingerprint density at radius 3 is 2.79 bits per heavy atom. The normalized spacial score (nSPS) is 11.5. The molecule has 0 fully saturated rings. The summed E-state index contributed by atoms with van der Waals surface area (Å²) in [5.74, 6) is 0.359. The predicted octanol–water partition coefficient (Wildman–Crippen LogP) is 2.32. The number of aromatic nitrogens is 1. The minimum absolute atomic E-state index is 0.00790. The van der Waals surface area contributed by atoms with E-state index < -0.39 is 0 Å². The molecule has 0 saturated heterocycles. The molecule has 1 heterocycles. The van der Waals surface area contributed by atoms with Gasteiger partial charge in [0.05, 0.1) is 6.10 Å². The molecule has 5 heteroatoms. The van der Waals surface area contributed by atoms with Crippen molar-refractivity contribution in [3.8, 4) is 5.88 Å². The number of carbonyl (C=O) groups is 1. The van der Waals surface area contributed by atoms with Crippen LogP contribution in [0.25, 0.3) is 0 Å². The van der Waals surface area contributed by atoms with Crippen LogP contribution in [0.1, 0.15) is 40.5 Å². The first-order valence-corrected chi connectivity index (χ1v) is 6.48. The third-order valence-corrected chi connectivity index (χ3v) is 2.39. The van der Waals surface area contributed by atoms with Gasteiger partial charge in [-0.2, -0.15) is 0 Å². The molecular weight excluding hydrogens is 242 g/mol. The van der Waals surface area contributed by atoms with E-state index in [-0.39, 0.29) is 17.6 Å². The minimum Gasteiger partial charge on any atom is -0.473 e. The van der Waals surface area contributed by atoms with Crippen molar-refractivity contribution in [2.24, 2.45) is 5.73 Å². The zero-order chi connectivity index (χ0) is 14.5. The van der Waals surface area contributed by atoms with Crippen molar-refractivity contribution >= 4 is 11.6 Å². The van der Waals surface area contributed by atoms with Crippen LogP contribution in [0.4, 0.5) is 5.69 Å². The SMILES string of the molecule is CC(C)Oc1ncccc1NC(=O)CCC(C)(C)N. The van der Waals surface area contributed by atoms with Crippen molar-refractivity contribution in [1.82, 2.24) is 4.98 Å². The van der Waals surface area contributed by atoms with Crippen LogP contribution in [0.5, 0.6) is 5.88 Å². The van der Waals surface area contributed by atoms with E-state index in [4.69, 9.17) is 10.5 Å². The maximum Gasteiger partial charge on any atom is 0.238 e. The van der Waals surface area contributed by atoms with E-state index >= 15 is 0 Å². The molecule has 0 bridgehead atoms. The Morgan fingerprint density at radius 2 is 2.21 bits per heavy atom. The fourth-order valence-electron chi connectivity index (χ4n) is 1.45. The van der Waals surface area contributed by atoms with E-state index in [1.165, 1.54) is 0 Å². The van der Waals surface area contributed by atoms with Crippen LogP contribution in [0.3, 0.4) is 0 Å². The fraction of sp³-hybridized carbons (Fsp3) is 0.571. The highest BCUT2D eigenvalue weighted by atomic mass is 16.5. The molecule has 19 heavy (non-hydrogen) atoms. The standard InChI is InChI=1S/C14H23N3O2/c1-10(2)19-13-11(6-5-9-16-13)17-12(18)7-8-14(3,4)15/h5-6,9-10H,7-8,15H2,1-4H3,(H,17,18). The molecule has 106 valence electrons. The average Bonchev–Trinajstić information content (AvgIpc) is 2.27. The topological polar surface area (TPSA) is 77.2 Å². The zero-order valence-corrected chi connectivity index (χ0v) is 12.1. The molecule has 0 atom stereocenters. The molecule has 0 aliphatic carbocycles. The number of carbonyl (C=O) groups excluding carboxylic acids is 1. The van der Waals surface area contributed by atoms with Crippen LogP contribution >= 0.6 is 0 Å². The van der Waals surface area contributed by atoms with E-state index in [1.54, 1.807) is 18.3 Å². The van der Waals surface area contributed by atoms with Crippen molar-refractivity contribution < 1.29 is 9.53 Å². The van der Waals surface area contributed by atoms with Gasteiger partial charge in [-0.25, -0.2) is 4.98 Å². The second-order valence-electron chi connectivity index (χ2n) is 5.56. The average molecular weight is 265 g/mol. The van der Waals surface area contributed by atoms with Crippen molar-refractivity contribution in [3.63, 3.8) is 0 Å². The van der Waals surface area contributed by atoms with Crippen LogP contribution < -0.4 is 15.8 Å². The number of nitrogens with two attached hydrogens (primary N) is 1. The summed E-state index contributed by atoms with van der Waals surface area (Å²) in [4.78, 5) is 16.0. The van der Waals surface area contributed by atoms with E-state index in [9.17, 15) is 4.79 Å². The zero-order valence-electron chi connectivity index (χ0n) is 12.1. The van der Waals surface area contributed by atoms with Gasteiger partial charge in [0.15, 0.2) is 0 Å². The number of amides is 1. The summed E-state index contributed by atoms with van der Waals surface area (Å²) in [6.07, 6.45) is 2.64. The van der Waals surface area contributed by atoms with E-state index in [0.717, 1.165) is 0 Å². The Kier molecular flexibility index (Phi) is 5.30. The Hall–Kier alpha value is -1.62. The lowest BCUT2D eigenvalue weighted by atomic mass is 10.00. The van der Waals surface area contributed by atoms with Gasteiger partial charge in [-0.1, -0.05) is 0 Å². The first-order chi connectivity index (χ1) is 8.78. The van der Waals surface area contributed by atoms with Crippen LogP contribution in [0, 0.1) is 0 Å². The van der Waals surface area contributed by atoms with E-state index in [2.05, 4.69) is 10.3 Å². The summed E-state index contributed by atoms with van der Waals surface area (Å²) in [6.45, 7) is 7.63. The van der Waals surface area contributed by atoms with Gasteiger partial charge in [-0.15, -0.1) is 0 Å². The van der Waals surface area contributed by atoms with Crippen LogP contribution in [-0.4, -0.2) is 22.5 Å². The van der Waals surface area contributed by atoms with Gasteiger partial charge in [0.2, 0.25) is 11.8 Å². The van der Waals surface area contributed by atoms with Gasteiger partial charge in [-0.05, 0) is 46.2 Å². The number of nitrogens with one attached hydrogen (secondary N) is 1. The Balaban J connectivity index is 2.63. The molecule has 0 spiro atoms. The molecule has 1 aromatic heterocycles. The molecule has 1 rings (SSSR count).